The van der Waals surface area contributed by atoms with Crippen molar-refractivity contribution in [2.24, 2.45) is 0 Å². The van der Waals surface area contributed by atoms with Crippen molar-refractivity contribution in [1.82, 2.24) is 10.2 Å². The van der Waals surface area contributed by atoms with Crippen LogP contribution in [0.3, 0.4) is 0 Å². The van der Waals surface area contributed by atoms with Crippen molar-refractivity contribution in [2.75, 3.05) is 19.6 Å². The Morgan fingerprint density at radius 3 is 2.67 bits per heavy atom. The average Bonchev–Trinajstić information content (AvgIpc) is 3.29. The van der Waals surface area contributed by atoms with Gasteiger partial charge in [-0.2, -0.15) is 0 Å². The third kappa shape index (κ3) is 4.56. The molecule has 3 nitrogen and oxygen atoms in total. The second-order valence-corrected chi connectivity index (χ2v) is 7.24. The predicted octanol–water partition coefficient (Wildman–Crippen LogP) is 4.02. The van der Waals surface area contributed by atoms with E-state index in [-0.39, 0.29) is 5.91 Å². The standard InChI is InChI=1S/C20H24N2OS/c1-16-6-8-17(9-7-16)10-11-20(23)21-15-18(19-5-4-14-24-19)22-12-2-3-13-22/h4-11,14,18H,2-3,12-13,15H2,1H3,(H,21,23)/b11-10+. The zero-order valence-electron chi connectivity index (χ0n) is 14.1. The molecule has 0 bridgehead atoms. The largest absolute Gasteiger partial charge is 0.351 e. The highest BCUT2D eigenvalue weighted by molar-refractivity contribution is 7.10. The molecule has 0 saturated carbocycles. The van der Waals surface area contributed by atoms with E-state index < -0.39 is 0 Å². The van der Waals surface area contributed by atoms with Crippen molar-refractivity contribution in [3.8, 4) is 0 Å². The predicted molar refractivity (Wildman–Crippen MR) is 101 cm³/mol. The van der Waals surface area contributed by atoms with Gasteiger partial charge in [0.15, 0.2) is 0 Å². The minimum absolute atomic E-state index is 0.0312. The van der Waals surface area contributed by atoms with Crippen molar-refractivity contribution in [3.05, 3.63) is 63.9 Å². The maximum atomic E-state index is 12.2. The molecule has 1 unspecified atom stereocenters. The van der Waals surface area contributed by atoms with Gasteiger partial charge in [-0.15, -0.1) is 11.3 Å². The smallest absolute Gasteiger partial charge is 0.244 e. The highest BCUT2D eigenvalue weighted by atomic mass is 32.1. The molecule has 2 heterocycles. The van der Waals surface area contributed by atoms with Crippen LogP contribution in [0, 0.1) is 6.92 Å². The summed E-state index contributed by atoms with van der Waals surface area (Å²) in [6, 6.07) is 12.7. The first-order chi connectivity index (χ1) is 11.7. The number of aryl methyl sites for hydroxylation is 1. The number of nitrogens with one attached hydrogen (secondary N) is 1. The second-order valence-electron chi connectivity index (χ2n) is 6.26. The summed E-state index contributed by atoms with van der Waals surface area (Å²) in [5.74, 6) is -0.0312. The average molecular weight is 340 g/mol. The van der Waals surface area contributed by atoms with E-state index in [9.17, 15) is 4.79 Å². The summed E-state index contributed by atoms with van der Waals surface area (Å²) < 4.78 is 0. The van der Waals surface area contributed by atoms with E-state index in [1.807, 2.05) is 18.2 Å². The molecule has 1 aliphatic heterocycles. The number of rotatable bonds is 6. The molecular weight excluding hydrogens is 316 g/mol. The first-order valence-electron chi connectivity index (χ1n) is 8.52. The molecule has 1 aromatic heterocycles. The molecule has 1 aromatic carbocycles. The van der Waals surface area contributed by atoms with Crippen molar-refractivity contribution in [1.29, 1.82) is 0 Å². The summed E-state index contributed by atoms with van der Waals surface area (Å²) >= 11 is 1.77. The molecule has 2 aromatic rings. The minimum Gasteiger partial charge on any atom is -0.351 e. The van der Waals surface area contributed by atoms with Gasteiger partial charge in [-0.3, -0.25) is 9.69 Å². The van der Waals surface area contributed by atoms with Gasteiger partial charge in [0.05, 0.1) is 6.04 Å². The zero-order valence-corrected chi connectivity index (χ0v) is 14.9. The van der Waals surface area contributed by atoms with Crippen LogP contribution in [0.15, 0.2) is 47.9 Å². The van der Waals surface area contributed by atoms with Gasteiger partial charge in [-0.05, 0) is 55.9 Å². The number of hydrogen-bond acceptors (Lipinski definition) is 3. The van der Waals surface area contributed by atoms with Gasteiger partial charge in [-0.25, -0.2) is 0 Å². The van der Waals surface area contributed by atoms with Crippen molar-refractivity contribution in [3.63, 3.8) is 0 Å². The summed E-state index contributed by atoms with van der Waals surface area (Å²) in [5.41, 5.74) is 2.27. The molecule has 3 rings (SSSR count). The van der Waals surface area contributed by atoms with Gasteiger partial charge in [0.1, 0.15) is 0 Å². The number of carbonyl (C=O) groups excluding carboxylic acids is 1. The molecule has 4 heteroatoms. The van der Waals surface area contributed by atoms with Gasteiger partial charge in [0.2, 0.25) is 5.91 Å². The Balaban J connectivity index is 1.57. The summed E-state index contributed by atoms with van der Waals surface area (Å²) in [7, 11) is 0. The fourth-order valence-electron chi connectivity index (χ4n) is 3.05. The summed E-state index contributed by atoms with van der Waals surface area (Å²) in [6.45, 7) is 4.97. The number of amides is 1. The second kappa shape index (κ2) is 8.27. The first-order valence-corrected chi connectivity index (χ1v) is 9.40. The molecule has 24 heavy (non-hydrogen) atoms. The number of thiophene rings is 1. The van der Waals surface area contributed by atoms with E-state index in [1.54, 1.807) is 17.4 Å². The molecule has 1 fully saturated rings. The van der Waals surface area contributed by atoms with Crippen LogP contribution < -0.4 is 5.32 Å². The molecule has 0 radical (unpaired) electrons. The van der Waals surface area contributed by atoms with Crippen LogP contribution in [0.25, 0.3) is 6.08 Å². The number of benzene rings is 1. The Labute approximate surface area is 148 Å². The van der Waals surface area contributed by atoms with Crippen molar-refractivity contribution >= 4 is 23.3 Å². The Morgan fingerprint density at radius 2 is 2.00 bits per heavy atom. The molecule has 0 aliphatic carbocycles. The number of carbonyl (C=O) groups is 1. The molecule has 1 amide bonds. The Kier molecular flexibility index (Phi) is 5.83. The van der Waals surface area contributed by atoms with Crippen LogP contribution >= 0.6 is 11.3 Å². The number of likely N-dealkylation sites (tertiary alicyclic amines) is 1. The molecule has 1 N–H and O–H groups in total. The minimum atomic E-state index is -0.0312. The van der Waals surface area contributed by atoms with Gasteiger partial charge in [0.25, 0.3) is 0 Å². The molecular formula is C20H24N2OS. The molecule has 1 aliphatic rings. The van der Waals surface area contributed by atoms with E-state index >= 15 is 0 Å². The normalized spacial score (nSPS) is 16.5. The Bertz CT molecular complexity index is 670. The topological polar surface area (TPSA) is 32.3 Å². The maximum absolute atomic E-state index is 12.2. The third-order valence-corrected chi connectivity index (χ3v) is 5.40. The van der Waals surface area contributed by atoms with Crippen LogP contribution in [-0.2, 0) is 4.79 Å². The molecule has 1 atom stereocenters. The molecule has 126 valence electrons. The lowest BCUT2D eigenvalue weighted by molar-refractivity contribution is -0.116. The van der Waals surface area contributed by atoms with Crippen LogP contribution in [0.4, 0.5) is 0 Å². The maximum Gasteiger partial charge on any atom is 0.244 e. The van der Waals surface area contributed by atoms with E-state index in [4.69, 9.17) is 0 Å². The molecule has 1 saturated heterocycles. The lowest BCUT2D eigenvalue weighted by Crippen LogP contribution is -2.35. The van der Waals surface area contributed by atoms with Gasteiger partial charge >= 0.3 is 0 Å². The van der Waals surface area contributed by atoms with Crippen molar-refractivity contribution < 1.29 is 4.79 Å². The van der Waals surface area contributed by atoms with Gasteiger partial charge in [0, 0.05) is 17.5 Å². The SMILES string of the molecule is Cc1ccc(/C=C/C(=O)NCC(c2cccs2)N2CCCC2)cc1. The number of hydrogen-bond donors (Lipinski definition) is 1. The van der Waals surface area contributed by atoms with Gasteiger partial charge < -0.3 is 5.32 Å². The fourth-order valence-corrected chi connectivity index (χ4v) is 3.91. The summed E-state index contributed by atoms with van der Waals surface area (Å²) in [4.78, 5) is 16.0. The zero-order chi connectivity index (χ0) is 16.8. The summed E-state index contributed by atoms with van der Waals surface area (Å²) in [6.07, 6.45) is 6.00. The van der Waals surface area contributed by atoms with Crippen LogP contribution in [0.2, 0.25) is 0 Å². The number of nitrogens with zero attached hydrogens (tertiary/aromatic N) is 1. The van der Waals surface area contributed by atoms with Crippen LogP contribution in [0.5, 0.6) is 0 Å². The fraction of sp³-hybridized carbons (Fsp3) is 0.350. The van der Waals surface area contributed by atoms with E-state index in [1.165, 1.54) is 23.3 Å². The molecule has 0 spiro atoms. The Hall–Kier alpha value is -1.91. The van der Waals surface area contributed by atoms with Crippen LogP contribution in [-0.4, -0.2) is 30.4 Å². The monoisotopic (exact) mass is 340 g/mol. The van der Waals surface area contributed by atoms with Crippen molar-refractivity contribution in [2.45, 2.75) is 25.8 Å². The first kappa shape index (κ1) is 16.9. The highest BCUT2D eigenvalue weighted by Gasteiger charge is 2.24. The third-order valence-electron chi connectivity index (χ3n) is 4.43. The quantitative estimate of drug-likeness (QED) is 0.806. The Morgan fingerprint density at radius 1 is 1.25 bits per heavy atom. The summed E-state index contributed by atoms with van der Waals surface area (Å²) in [5, 5.41) is 5.18. The van der Waals surface area contributed by atoms with Crippen LogP contribution in [0.1, 0.15) is 34.9 Å². The van der Waals surface area contributed by atoms with E-state index in [0.717, 1.165) is 18.7 Å². The lowest BCUT2D eigenvalue weighted by Gasteiger charge is -2.26. The van der Waals surface area contributed by atoms with E-state index in [0.29, 0.717) is 12.6 Å². The lowest BCUT2D eigenvalue weighted by atomic mass is 10.1. The highest BCUT2D eigenvalue weighted by Crippen LogP contribution is 2.27. The van der Waals surface area contributed by atoms with Gasteiger partial charge in [-0.1, -0.05) is 35.9 Å². The van der Waals surface area contributed by atoms with E-state index in [2.05, 4.69) is 46.8 Å².